The van der Waals surface area contributed by atoms with Crippen LogP contribution in [-0.4, -0.2) is 55.6 Å². The summed E-state index contributed by atoms with van der Waals surface area (Å²) in [5, 5.41) is 9.11. The Morgan fingerprint density at radius 3 is 2.91 bits per heavy atom. The van der Waals surface area contributed by atoms with E-state index >= 15 is 0 Å². The quantitative estimate of drug-likeness (QED) is 0.829. The second-order valence-corrected chi connectivity index (χ2v) is 5.62. The maximum Gasteiger partial charge on any atom is 0.414 e. The lowest BCUT2D eigenvalue weighted by Gasteiger charge is -2.20. The zero-order valence-corrected chi connectivity index (χ0v) is 12.2. The number of benzene rings is 1. The summed E-state index contributed by atoms with van der Waals surface area (Å²) >= 11 is 0. The average molecular weight is 300 g/mol. The van der Waals surface area contributed by atoms with Gasteiger partial charge in [0.25, 0.3) is 0 Å². The maximum absolute atomic E-state index is 11.8. The number of carbonyl (C=O) groups excluding carboxylic acids is 2. The number of ether oxygens (including phenoxy) is 1. The van der Waals surface area contributed by atoms with Crippen LogP contribution in [0, 0.1) is 0 Å². The Morgan fingerprint density at radius 2 is 2.23 bits per heavy atom. The lowest BCUT2D eigenvalue weighted by molar-refractivity contribution is 0.0963. The number of hydrogen-bond acceptors (Lipinski definition) is 4. The largest absolute Gasteiger partial charge is 0.441 e. The van der Waals surface area contributed by atoms with E-state index in [2.05, 4.69) is 0 Å². The summed E-state index contributed by atoms with van der Waals surface area (Å²) in [5.41, 5.74) is 2.92. The van der Waals surface area contributed by atoms with E-state index in [1.165, 1.54) is 4.90 Å². The molecule has 22 heavy (non-hydrogen) atoms. The molecule has 0 aliphatic carbocycles. The first kappa shape index (κ1) is 14.9. The molecule has 2 heterocycles. The van der Waals surface area contributed by atoms with E-state index in [0.29, 0.717) is 19.6 Å². The Hall–Kier alpha value is -2.02. The fourth-order valence-electron chi connectivity index (χ4n) is 2.93. The van der Waals surface area contributed by atoms with Gasteiger partial charge in [0.05, 0.1) is 13.2 Å². The molecule has 0 aromatic heterocycles. The fourth-order valence-corrected chi connectivity index (χ4v) is 2.93. The van der Waals surface area contributed by atoms with Crippen LogP contribution in [-0.2, 0) is 17.7 Å². The summed E-state index contributed by atoms with van der Waals surface area (Å²) in [4.78, 5) is 26.4. The molecule has 1 aromatic carbocycles. The van der Waals surface area contributed by atoms with Gasteiger partial charge in [-0.15, -0.1) is 0 Å². The highest BCUT2D eigenvalue weighted by Gasteiger charge is 2.32. The van der Waals surface area contributed by atoms with Crippen LogP contribution in [0.5, 0.6) is 0 Å². The SMILES string of the molecule is [B]C(=O)N1CCCc2cc(N3C[C@H](CO)OC3=O)ccc2C1. The van der Waals surface area contributed by atoms with Crippen molar-refractivity contribution >= 4 is 25.4 Å². The smallest absolute Gasteiger partial charge is 0.414 e. The molecule has 0 unspecified atom stereocenters. The van der Waals surface area contributed by atoms with Crippen molar-refractivity contribution < 1.29 is 19.4 Å². The molecule has 7 heteroatoms. The molecule has 0 spiro atoms. The minimum absolute atomic E-state index is 0.180. The van der Waals surface area contributed by atoms with Crippen molar-refractivity contribution in [3.05, 3.63) is 29.3 Å². The Balaban J connectivity index is 1.84. The number of fused-ring (bicyclic) bond motifs is 1. The molecule has 2 aliphatic rings. The lowest BCUT2D eigenvalue weighted by atomic mass is 10.0. The summed E-state index contributed by atoms with van der Waals surface area (Å²) < 4.78 is 5.06. The Kier molecular flexibility index (Phi) is 4.07. The van der Waals surface area contributed by atoms with E-state index in [1.807, 2.05) is 18.2 Å². The van der Waals surface area contributed by atoms with Gasteiger partial charge in [-0.1, -0.05) is 6.07 Å². The third kappa shape index (κ3) is 2.81. The molecule has 1 atom stereocenters. The zero-order valence-electron chi connectivity index (χ0n) is 12.2. The van der Waals surface area contributed by atoms with Crippen LogP contribution >= 0.6 is 0 Å². The standard InChI is InChI=1S/C15H17BN2O4/c16-14(20)17-5-1-2-10-6-12(4-3-11(10)7-17)18-8-13(9-19)22-15(18)21/h3-4,6,13,19H,1-2,5,7-9H2/t13-/m1/s1. The summed E-state index contributed by atoms with van der Waals surface area (Å²) in [6, 6.07) is 5.72. The number of hydrogen-bond donors (Lipinski definition) is 1. The molecule has 1 N–H and O–H groups in total. The Labute approximate surface area is 130 Å². The molecule has 3 rings (SSSR count). The number of rotatable bonds is 2. The second-order valence-electron chi connectivity index (χ2n) is 5.62. The van der Waals surface area contributed by atoms with Crippen molar-refractivity contribution in [2.45, 2.75) is 25.5 Å². The highest BCUT2D eigenvalue weighted by Crippen LogP contribution is 2.27. The van der Waals surface area contributed by atoms with Gasteiger partial charge in [-0.25, -0.2) is 4.79 Å². The number of cyclic esters (lactones) is 1. The summed E-state index contributed by atoms with van der Waals surface area (Å²) in [5.74, 6) is -0.411. The van der Waals surface area contributed by atoms with E-state index in [1.54, 1.807) is 4.90 Å². The molecule has 114 valence electrons. The third-order valence-electron chi connectivity index (χ3n) is 4.13. The van der Waals surface area contributed by atoms with Gasteiger partial charge in [0.2, 0.25) is 7.85 Å². The monoisotopic (exact) mass is 300 g/mol. The average Bonchev–Trinajstić information content (AvgIpc) is 2.75. The molecule has 0 bridgehead atoms. The van der Waals surface area contributed by atoms with Gasteiger partial charge in [0.1, 0.15) is 6.10 Å². The summed E-state index contributed by atoms with van der Waals surface area (Å²) in [6.07, 6.45) is 0.755. The van der Waals surface area contributed by atoms with Crippen LogP contribution in [0.1, 0.15) is 17.5 Å². The number of aliphatic hydroxyl groups is 1. The molecule has 1 saturated heterocycles. The highest BCUT2D eigenvalue weighted by molar-refractivity contribution is 6.56. The first-order valence-corrected chi connectivity index (χ1v) is 7.33. The number of carbonyl (C=O) groups is 2. The van der Waals surface area contributed by atoms with Gasteiger partial charge in [-0.3, -0.25) is 9.69 Å². The van der Waals surface area contributed by atoms with Gasteiger partial charge >= 0.3 is 6.09 Å². The van der Waals surface area contributed by atoms with Gasteiger partial charge < -0.3 is 14.7 Å². The minimum atomic E-state index is -0.475. The van der Waals surface area contributed by atoms with Crippen molar-refractivity contribution in [2.75, 3.05) is 24.6 Å². The normalized spacial score (nSPS) is 21.3. The van der Waals surface area contributed by atoms with E-state index in [4.69, 9.17) is 17.7 Å². The van der Waals surface area contributed by atoms with E-state index in [0.717, 1.165) is 29.7 Å². The molecule has 2 amide bonds. The van der Waals surface area contributed by atoms with Gasteiger partial charge in [-0.05, 0) is 36.1 Å². The number of anilines is 1. The predicted molar refractivity (Wildman–Crippen MR) is 81.0 cm³/mol. The number of aliphatic hydroxyl groups excluding tert-OH is 1. The van der Waals surface area contributed by atoms with Crippen LogP contribution in [0.25, 0.3) is 0 Å². The number of nitrogens with zero attached hydrogens (tertiary/aromatic N) is 2. The van der Waals surface area contributed by atoms with Crippen LogP contribution in [0.4, 0.5) is 15.3 Å². The number of amides is 2. The zero-order chi connectivity index (χ0) is 15.7. The second kappa shape index (κ2) is 6.00. The predicted octanol–water partition coefficient (Wildman–Crippen LogP) is 1.04. The van der Waals surface area contributed by atoms with E-state index < -0.39 is 18.0 Å². The Morgan fingerprint density at radius 1 is 1.41 bits per heavy atom. The fraction of sp³-hybridized carbons (Fsp3) is 0.467. The molecule has 1 aromatic rings. The molecule has 2 radical (unpaired) electrons. The molecule has 1 fully saturated rings. The van der Waals surface area contributed by atoms with Crippen molar-refractivity contribution in [2.24, 2.45) is 0 Å². The van der Waals surface area contributed by atoms with Crippen LogP contribution < -0.4 is 4.90 Å². The van der Waals surface area contributed by atoms with Crippen LogP contribution in [0.15, 0.2) is 18.2 Å². The van der Waals surface area contributed by atoms with Crippen molar-refractivity contribution in [3.8, 4) is 0 Å². The van der Waals surface area contributed by atoms with Crippen molar-refractivity contribution in [3.63, 3.8) is 0 Å². The molecule has 2 aliphatic heterocycles. The molecular formula is C15H17BN2O4. The van der Waals surface area contributed by atoms with Gasteiger partial charge in [0, 0.05) is 18.8 Å². The third-order valence-corrected chi connectivity index (χ3v) is 4.13. The molecular weight excluding hydrogens is 283 g/mol. The lowest BCUT2D eigenvalue weighted by Crippen LogP contribution is -2.29. The Bertz CT molecular complexity index is 607. The van der Waals surface area contributed by atoms with E-state index in [9.17, 15) is 9.59 Å². The topological polar surface area (TPSA) is 70.1 Å². The van der Waals surface area contributed by atoms with Crippen LogP contribution in [0.3, 0.4) is 0 Å². The molecule has 0 saturated carbocycles. The summed E-state index contributed by atoms with van der Waals surface area (Å²) in [6.45, 7) is 1.30. The van der Waals surface area contributed by atoms with E-state index in [-0.39, 0.29) is 6.61 Å². The van der Waals surface area contributed by atoms with Gasteiger partial charge in [0.15, 0.2) is 5.81 Å². The first-order valence-electron chi connectivity index (χ1n) is 7.33. The first-order chi connectivity index (χ1) is 10.6. The summed E-state index contributed by atoms with van der Waals surface area (Å²) in [7, 11) is 5.37. The highest BCUT2D eigenvalue weighted by atomic mass is 16.6. The minimum Gasteiger partial charge on any atom is -0.441 e. The number of aryl methyl sites for hydroxylation is 1. The van der Waals surface area contributed by atoms with Crippen molar-refractivity contribution in [1.29, 1.82) is 0 Å². The maximum atomic E-state index is 11.8. The van der Waals surface area contributed by atoms with Crippen molar-refractivity contribution in [1.82, 2.24) is 4.90 Å². The van der Waals surface area contributed by atoms with Crippen LogP contribution in [0.2, 0.25) is 0 Å². The van der Waals surface area contributed by atoms with Gasteiger partial charge in [-0.2, -0.15) is 0 Å². The molecule has 6 nitrogen and oxygen atoms in total.